The molecule has 2 aliphatic heterocycles. The van der Waals surface area contributed by atoms with E-state index >= 15 is 0 Å². The third-order valence-electron chi connectivity index (χ3n) is 3.48. The van der Waals surface area contributed by atoms with Crippen molar-refractivity contribution in [2.45, 2.75) is 69.8 Å². The van der Waals surface area contributed by atoms with Crippen molar-refractivity contribution in [3.8, 4) is 0 Å². The van der Waals surface area contributed by atoms with Gasteiger partial charge in [-0.3, -0.25) is 4.79 Å². The van der Waals surface area contributed by atoms with Gasteiger partial charge in [-0.05, 0) is 51.4 Å². The number of benzene rings is 1. The molecule has 2 aliphatic rings. The Bertz CT molecular complexity index is 1140. The lowest BCUT2D eigenvalue weighted by molar-refractivity contribution is -0.154. The molecule has 22 heavy (non-hydrogen) atoms. The molecule has 1 aromatic carbocycles. The molecule has 0 saturated carbocycles. The van der Waals surface area contributed by atoms with E-state index in [1.54, 1.807) is 0 Å². The molecule has 120 valence electrons. The van der Waals surface area contributed by atoms with Crippen LogP contribution in [0.5, 0.6) is 0 Å². The van der Waals surface area contributed by atoms with Crippen LogP contribution >= 0.6 is 0 Å². The van der Waals surface area contributed by atoms with E-state index in [1.807, 2.05) is 0 Å². The highest BCUT2D eigenvalue weighted by molar-refractivity contribution is 5.78. The standard InChI is InChI=1S/C19H27NO2/c1-4-18(14-7-5-6-13(2)10-14)19(21)22-17-11-15-8-9-16(12-17)20(15)3/h5-7,10,15-18H,4,8-9,11-12H2,1-3H3/t15-,16?,17-,18?/m1/s1/i4D2,5D,6D,7D,8D2,9D2,10D,11D2,15D,17D,18D/t15?,16-,17+,18?. The van der Waals surface area contributed by atoms with Gasteiger partial charge in [0.05, 0.1) is 12.7 Å². The first kappa shape index (κ1) is 5.62. The summed E-state index contributed by atoms with van der Waals surface area (Å²) in [5, 5.41) is 0. The fourth-order valence-electron chi connectivity index (χ4n) is 2.28. The predicted molar refractivity (Wildman–Crippen MR) is 87.9 cm³/mol. The molecule has 2 unspecified atom stereocenters. The number of esters is 1. The van der Waals surface area contributed by atoms with Crippen LogP contribution < -0.4 is 0 Å². The zero-order valence-electron chi connectivity index (χ0n) is 27.5. The monoisotopic (exact) mass is 316 g/mol. The number of fused-ring (bicyclic) bond motifs is 2. The molecule has 3 nitrogen and oxygen atoms in total. The number of carbonyl (C=O) groups is 1. The maximum Gasteiger partial charge on any atom is 0.313 e. The van der Waals surface area contributed by atoms with Crippen LogP contribution in [0.15, 0.2) is 24.2 Å². The molecular weight excluding hydrogens is 274 g/mol. The molecule has 0 amide bonds. The van der Waals surface area contributed by atoms with Gasteiger partial charge >= 0.3 is 5.97 Å². The highest BCUT2D eigenvalue weighted by Gasteiger charge is 2.40. The van der Waals surface area contributed by atoms with Gasteiger partial charge in [0, 0.05) is 25.8 Å². The quantitative estimate of drug-likeness (QED) is 0.794. The fraction of sp³-hybridized carbons (Fsp3) is 0.632. The van der Waals surface area contributed by atoms with Gasteiger partial charge in [0.15, 0.2) is 0 Å². The summed E-state index contributed by atoms with van der Waals surface area (Å²) < 4.78 is 130. The van der Waals surface area contributed by atoms with E-state index < -0.39 is 91.6 Å². The number of rotatable bonds is 4. The van der Waals surface area contributed by atoms with Crippen molar-refractivity contribution in [3.63, 3.8) is 0 Å². The van der Waals surface area contributed by atoms with E-state index in [0.717, 1.165) is 18.9 Å². The van der Waals surface area contributed by atoms with Crippen LogP contribution in [0.2, 0.25) is 0 Å². The number of ether oxygens (including phenoxy) is 1. The maximum atomic E-state index is 13.6. The summed E-state index contributed by atoms with van der Waals surface area (Å²) >= 11 is 0. The largest absolute Gasteiger partial charge is 0.462 e. The lowest BCUT2D eigenvalue weighted by Crippen LogP contribution is -2.43. The summed E-state index contributed by atoms with van der Waals surface area (Å²) in [5.41, 5.74) is -1.17. The van der Waals surface area contributed by atoms with Crippen molar-refractivity contribution in [2.75, 3.05) is 7.05 Å². The normalized spacial score (nSPS) is 54.9. The Kier molecular flexibility index (Phi) is 1.64. The van der Waals surface area contributed by atoms with Crippen LogP contribution in [0.4, 0.5) is 0 Å². The summed E-state index contributed by atoms with van der Waals surface area (Å²) in [6.07, 6.45) is -16.6. The zero-order chi connectivity index (χ0) is 29.1. The van der Waals surface area contributed by atoms with Gasteiger partial charge < -0.3 is 9.64 Å². The van der Waals surface area contributed by atoms with Crippen molar-refractivity contribution in [3.05, 3.63) is 35.3 Å². The lowest BCUT2D eigenvalue weighted by atomic mass is 9.94. The van der Waals surface area contributed by atoms with Crippen LogP contribution in [-0.2, 0) is 9.53 Å². The van der Waals surface area contributed by atoms with Crippen LogP contribution in [0.3, 0.4) is 0 Å². The van der Waals surface area contributed by atoms with Crippen LogP contribution in [0.25, 0.3) is 0 Å². The van der Waals surface area contributed by atoms with Crippen LogP contribution in [-0.4, -0.2) is 36.1 Å². The van der Waals surface area contributed by atoms with Gasteiger partial charge in [-0.2, -0.15) is 0 Å². The molecule has 0 N–H and O–H groups in total. The second-order valence-electron chi connectivity index (χ2n) is 5.01. The molecule has 0 aliphatic carbocycles. The Morgan fingerprint density at radius 2 is 2.50 bits per heavy atom. The average Bonchev–Trinajstić information content (AvgIpc) is 2.84. The Hall–Kier alpha value is -1.35. The fourth-order valence-corrected chi connectivity index (χ4v) is 2.28. The minimum absolute atomic E-state index is 0.232. The van der Waals surface area contributed by atoms with Gasteiger partial charge in [0.25, 0.3) is 0 Å². The molecule has 4 atom stereocenters. The molecule has 2 saturated heterocycles. The molecule has 2 fully saturated rings. The summed E-state index contributed by atoms with van der Waals surface area (Å²) in [6, 6.07) is -7.78. The molecule has 1 aromatic rings. The lowest BCUT2D eigenvalue weighted by Gasteiger charge is -2.36. The first-order valence-electron chi connectivity index (χ1n) is 14.3. The Balaban J connectivity index is 2.24. The topological polar surface area (TPSA) is 29.5 Å². The maximum absolute atomic E-state index is 13.6. The van der Waals surface area contributed by atoms with Crippen molar-refractivity contribution >= 4 is 5.97 Å². The van der Waals surface area contributed by atoms with Crippen molar-refractivity contribution < 1.29 is 30.1 Å². The van der Waals surface area contributed by atoms with Gasteiger partial charge in [0.2, 0.25) is 0 Å². The Labute approximate surface area is 154 Å². The second-order valence-corrected chi connectivity index (χ2v) is 5.01. The number of nitrogens with zero attached hydrogens (tertiary/aromatic N) is 1. The summed E-state index contributed by atoms with van der Waals surface area (Å²) in [4.78, 5) is 14.4. The van der Waals surface area contributed by atoms with Gasteiger partial charge in [-0.15, -0.1) is 0 Å². The van der Waals surface area contributed by atoms with Crippen LogP contribution in [0.1, 0.15) is 76.4 Å². The third kappa shape index (κ3) is 3.05. The zero-order valence-corrected chi connectivity index (χ0v) is 12.5. The first-order valence-corrected chi connectivity index (χ1v) is 6.84. The number of piperidine rings is 1. The van der Waals surface area contributed by atoms with Crippen molar-refractivity contribution in [1.29, 1.82) is 0 Å². The minimum atomic E-state index is -3.43. The summed E-state index contributed by atoms with van der Waals surface area (Å²) in [5.74, 6) is -5.26. The van der Waals surface area contributed by atoms with E-state index in [4.69, 9.17) is 25.3 Å². The highest BCUT2D eigenvalue weighted by Crippen LogP contribution is 2.36. The predicted octanol–water partition coefficient (Wildman–Crippen LogP) is 3.66. The smallest absolute Gasteiger partial charge is 0.313 e. The molecule has 0 aromatic heterocycles. The molecule has 3 rings (SSSR count). The number of carbonyl (C=O) groups excluding carboxylic acids is 1. The van der Waals surface area contributed by atoms with E-state index in [1.165, 1.54) is 6.92 Å². The summed E-state index contributed by atoms with van der Waals surface area (Å²) in [6.45, 7) is 1.95. The SMILES string of the molecule is [2H]c1c([2H])c(C)c([2H])c(C([2H])(C(=O)O[C@]2([2H])C[C@@H]3N(C)C([2H])(C([2H])([2H])C3([2H])[2H])C2([2H])[2H])C([2H])([2H])C)c1[2H]. The Morgan fingerprint density at radius 1 is 1.68 bits per heavy atom. The van der Waals surface area contributed by atoms with Gasteiger partial charge in [0.1, 0.15) is 6.08 Å². The molecular formula is C19H27NO2. The van der Waals surface area contributed by atoms with Crippen molar-refractivity contribution in [2.24, 2.45) is 0 Å². The highest BCUT2D eigenvalue weighted by atomic mass is 16.5. The van der Waals surface area contributed by atoms with Crippen LogP contribution in [0, 0.1) is 6.92 Å². The molecule has 0 radical (unpaired) electrons. The second kappa shape index (κ2) is 6.41. The molecule has 2 heterocycles. The molecule has 0 spiro atoms. The van der Waals surface area contributed by atoms with Gasteiger partial charge in [-0.1, -0.05) is 36.7 Å². The van der Waals surface area contributed by atoms with E-state index in [2.05, 4.69) is 0 Å². The number of hydrogen-bond donors (Lipinski definition) is 0. The van der Waals surface area contributed by atoms with Crippen molar-refractivity contribution in [1.82, 2.24) is 4.90 Å². The average molecular weight is 317 g/mol. The molecule has 2 bridgehead atoms. The first-order chi connectivity index (χ1) is 16.3. The minimum Gasteiger partial charge on any atom is -0.462 e. The third-order valence-corrected chi connectivity index (χ3v) is 3.48. The van der Waals surface area contributed by atoms with E-state index in [-0.39, 0.29) is 5.56 Å². The molecule has 3 heteroatoms. The Morgan fingerprint density at radius 3 is 3.27 bits per heavy atom. The van der Waals surface area contributed by atoms with Gasteiger partial charge in [-0.25, -0.2) is 0 Å². The van der Waals surface area contributed by atoms with E-state index in [9.17, 15) is 4.79 Å². The summed E-state index contributed by atoms with van der Waals surface area (Å²) in [7, 11) is 1.11. The van der Waals surface area contributed by atoms with E-state index in [0.29, 0.717) is 0 Å². The number of hydrogen-bond acceptors (Lipinski definition) is 3.